The summed E-state index contributed by atoms with van der Waals surface area (Å²) in [6.07, 6.45) is 9.76. The van der Waals surface area contributed by atoms with Crippen molar-refractivity contribution in [2.75, 3.05) is 7.11 Å². The molecule has 0 saturated heterocycles. The number of allylic oxidation sites excluding steroid dienone is 1. The Labute approximate surface area is 200 Å². The second kappa shape index (κ2) is 8.61. The third-order valence-electron chi connectivity index (χ3n) is 10.0. The highest BCUT2D eigenvalue weighted by Crippen LogP contribution is 2.66. The van der Waals surface area contributed by atoms with Gasteiger partial charge in [0.25, 0.3) is 0 Å². The predicted octanol–water partition coefficient (Wildman–Crippen LogP) is 6.26. The molecule has 4 aliphatic carbocycles. The summed E-state index contributed by atoms with van der Waals surface area (Å²) in [6, 6.07) is 4.83. The minimum Gasteiger partial charge on any atom is -0.493 e. The minimum atomic E-state index is -2.92. The third-order valence-corrected chi connectivity index (χ3v) is 10.0. The first kappa shape index (κ1) is 23.8. The van der Waals surface area contributed by atoms with E-state index in [0.29, 0.717) is 23.7 Å². The normalized spacial score (nSPS) is 40.6. The number of methoxy groups -OCH3 is 1. The number of carbonyl (C=O) groups excluding carboxylic acids is 1. The summed E-state index contributed by atoms with van der Waals surface area (Å²) >= 11 is 0. The van der Waals surface area contributed by atoms with Gasteiger partial charge in [-0.25, -0.2) is 0 Å². The van der Waals surface area contributed by atoms with E-state index < -0.39 is 6.61 Å². The molecule has 0 amide bonds. The van der Waals surface area contributed by atoms with Crippen LogP contribution >= 0.6 is 0 Å². The van der Waals surface area contributed by atoms with Gasteiger partial charge in [-0.05, 0) is 110 Å². The number of hydrogen-bond acceptors (Lipinski definition) is 4. The number of benzene rings is 1. The van der Waals surface area contributed by atoms with Crippen LogP contribution in [0, 0.1) is 34.5 Å². The first-order chi connectivity index (χ1) is 16.2. The average Bonchev–Trinajstić information content (AvgIpc) is 3.05. The molecule has 1 aromatic carbocycles. The van der Waals surface area contributed by atoms with E-state index in [1.807, 2.05) is 6.08 Å². The average molecular weight is 475 g/mol. The van der Waals surface area contributed by atoms with Crippen molar-refractivity contribution in [1.82, 2.24) is 0 Å². The number of halogens is 2. The molecule has 4 nitrogen and oxygen atoms in total. The van der Waals surface area contributed by atoms with Crippen molar-refractivity contribution in [3.8, 4) is 11.5 Å². The summed E-state index contributed by atoms with van der Waals surface area (Å²) < 4.78 is 35.1. The van der Waals surface area contributed by atoms with Gasteiger partial charge in [-0.3, -0.25) is 4.79 Å². The maximum Gasteiger partial charge on any atom is 0.387 e. The van der Waals surface area contributed by atoms with Gasteiger partial charge in [-0.15, -0.1) is 0 Å². The van der Waals surface area contributed by atoms with Gasteiger partial charge in [0.2, 0.25) is 0 Å². The Hall–Kier alpha value is -1.95. The first-order valence-corrected chi connectivity index (χ1v) is 12.7. The monoisotopic (exact) mass is 474 g/mol. The van der Waals surface area contributed by atoms with E-state index in [4.69, 9.17) is 4.74 Å². The topological polar surface area (TPSA) is 55.8 Å². The highest BCUT2D eigenvalue weighted by molar-refractivity contribution is 6.06. The van der Waals surface area contributed by atoms with E-state index in [0.717, 1.165) is 62.5 Å². The van der Waals surface area contributed by atoms with Crippen LogP contribution in [-0.4, -0.2) is 30.7 Å². The summed E-state index contributed by atoms with van der Waals surface area (Å²) in [5, 5.41) is 10.3. The lowest BCUT2D eigenvalue weighted by molar-refractivity contribution is -0.141. The van der Waals surface area contributed by atoms with Crippen molar-refractivity contribution in [2.45, 2.75) is 77.9 Å². The maximum atomic E-state index is 13.7. The minimum absolute atomic E-state index is 0.0107. The van der Waals surface area contributed by atoms with Crippen molar-refractivity contribution in [1.29, 1.82) is 0 Å². The smallest absolute Gasteiger partial charge is 0.387 e. The van der Waals surface area contributed by atoms with Crippen molar-refractivity contribution in [3.63, 3.8) is 0 Å². The van der Waals surface area contributed by atoms with Crippen molar-refractivity contribution < 1.29 is 28.2 Å². The number of rotatable bonds is 4. The second-order valence-electron chi connectivity index (χ2n) is 11.5. The van der Waals surface area contributed by atoms with Gasteiger partial charge in [-0.1, -0.05) is 19.9 Å². The fourth-order valence-electron chi connectivity index (χ4n) is 8.20. The van der Waals surface area contributed by atoms with Crippen LogP contribution in [0.5, 0.6) is 11.5 Å². The van der Waals surface area contributed by atoms with Crippen LogP contribution in [0.3, 0.4) is 0 Å². The Balaban J connectivity index is 1.41. The Morgan fingerprint density at radius 2 is 1.88 bits per heavy atom. The lowest BCUT2D eigenvalue weighted by Crippen LogP contribution is -2.54. The van der Waals surface area contributed by atoms with Gasteiger partial charge in [0.15, 0.2) is 17.3 Å². The summed E-state index contributed by atoms with van der Waals surface area (Å²) in [5.41, 5.74) is 1.54. The molecule has 7 unspecified atom stereocenters. The Morgan fingerprint density at radius 3 is 2.62 bits per heavy atom. The van der Waals surface area contributed by atoms with Crippen LogP contribution in [0.4, 0.5) is 8.78 Å². The van der Waals surface area contributed by atoms with Crippen LogP contribution in [0.2, 0.25) is 0 Å². The van der Waals surface area contributed by atoms with E-state index in [9.17, 15) is 18.7 Å². The molecular formula is C28H36F2O4. The lowest BCUT2D eigenvalue weighted by Gasteiger charge is -2.59. The number of aliphatic hydroxyl groups excluding tert-OH is 1. The molecule has 0 spiro atoms. The molecule has 7 atom stereocenters. The highest BCUT2D eigenvalue weighted by Gasteiger charge is 2.61. The maximum absolute atomic E-state index is 13.7. The van der Waals surface area contributed by atoms with Crippen molar-refractivity contribution >= 4 is 11.9 Å². The fraction of sp³-hybridized carbons (Fsp3) is 0.679. The molecule has 1 N–H and O–H groups in total. The zero-order chi connectivity index (χ0) is 24.3. The standard InChI is InChI=1S/C28H36F2O4/c1-27-10-8-19(31)15-18(27)5-6-20-21(27)9-11-28(2)22(20)14-17(25(28)32)12-16-4-7-23(34-26(29)30)24(13-16)33-3/h4,7,12-13,18-22,26,31H,5-6,8-11,14-15H2,1-3H3/b17-12-. The van der Waals surface area contributed by atoms with Crippen molar-refractivity contribution in [3.05, 3.63) is 29.3 Å². The molecule has 0 heterocycles. The van der Waals surface area contributed by atoms with E-state index in [-0.39, 0.29) is 34.2 Å². The second-order valence-corrected chi connectivity index (χ2v) is 11.5. The Morgan fingerprint density at radius 1 is 1.09 bits per heavy atom. The van der Waals surface area contributed by atoms with E-state index in [1.54, 1.807) is 12.1 Å². The van der Waals surface area contributed by atoms with Gasteiger partial charge in [0.1, 0.15) is 0 Å². The molecule has 4 fully saturated rings. The van der Waals surface area contributed by atoms with Crippen LogP contribution in [0.15, 0.2) is 23.8 Å². The number of ketones is 1. The van der Waals surface area contributed by atoms with Gasteiger partial charge in [-0.2, -0.15) is 8.78 Å². The molecule has 0 bridgehead atoms. The largest absolute Gasteiger partial charge is 0.493 e. The number of carbonyl (C=O) groups is 1. The number of Topliss-reactive ketones (excluding diaryl/α,β-unsaturated/α-hetero) is 1. The molecule has 0 radical (unpaired) electrons. The SMILES string of the molecule is COc1cc(/C=C2/CC3C4CCC5CC(O)CCC5(C)C4CCC3(C)C2=O)ccc1OC(F)F. The summed E-state index contributed by atoms with van der Waals surface area (Å²) in [5.74, 6) is 2.57. The van der Waals surface area contributed by atoms with Gasteiger partial charge < -0.3 is 14.6 Å². The first-order valence-electron chi connectivity index (χ1n) is 12.7. The summed E-state index contributed by atoms with van der Waals surface area (Å²) in [7, 11) is 1.42. The third kappa shape index (κ3) is 3.77. The molecular weight excluding hydrogens is 438 g/mol. The molecule has 0 aromatic heterocycles. The van der Waals surface area contributed by atoms with E-state index in [2.05, 4.69) is 18.6 Å². The lowest BCUT2D eigenvalue weighted by atomic mass is 9.45. The molecule has 4 saturated carbocycles. The predicted molar refractivity (Wildman–Crippen MR) is 126 cm³/mol. The Kier molecular flexibility index (Phi) is 6.02. The number of ether oxygens (including phenoxy) is 2. The highest BCUT2D eigenvalue weighted by atomic mass is 19.3. The number of aliphatic hydroxyl groups is 1. The number of fused-ring (bicyclic) bond motifs is 5. The molecule has 6 heteroatoms. The zero-order valence-electron chi connectivity index (χ0n) is 20.4. The fourth-order valence-corrected chi connectivity index (χ4v) is 8.20. The van der Waals surface area contributed by atoms with Crippen molar-refractivity contribution in [2.24, 2.45) is 34.5 Å². The van der Waals surface area contributed by atoms with Crippen LogP contribution in [-0.2, 0) is 4.79 Å². The number of hydrogen-bond donors (Lipinski definition) is 1. The van der Waals surface area contributed by atoms with E-state index >= 15 is 0 Å². The molecule has 4 aliphatic rings. The quantitative estimate of drug-likeness (QED) is 0.523. The molecule has 186 valence electrons. The molecule has 34 heavy (non-hydrogen) atoms. The zero-order valence-corrected chi connectivity index (χ0v) is 20.4. The molecule has 0 aliphatic heterocycles. The van der Waals surface area contributed by atoms with Gasteiger partial charge >= 0.3 is 6.61 Å². The van der Waals surface area contributed by atoms with Crippen LogP contribution in [0.25, 0.3) is 6.08 Å². The summed E-state index contributed by atoms with van der Waals surface area (Å²) in [6.45, 7) is 1.69. The van der Waals surface area contributed by atoms with Crippen LogP contribution < -0.4 is 9.47 Å². The van der Waals surface area contributed by atoms with E-state index in [1.165, 1.54) is 13.2 Å². The van der Waals surface area contributed by atoms with Gasteiger partial charge in [0.05, 0.1) is 13.2 Å². The van der Waals surface area contributed by atoms with Gasteiger partial charge in [0, 0.05) is 5.41 Å². The Bertz CT molecular complexity index is 991. The molecule has 5 rings (SSSR count). The summed E-state index contributed by atoms with van der Waals surface area (Å²) in [4.78, 5) is 13.7. The molecule has 1 aromatic rings. The number of alkyl halides is 2. The van der Waals surface area contributed by atoms with Crippen LogP contribution in [0.1, 0.15) is 70.8 Å².